The molecule has 290 valence electrons. The highest BCUT2D eigenvalue weighted by atomic mass is 35.5. The van der Waals surface area contributed by atoms with E-state index in [4.69, 9.17) is 31.8 Å². The Kier molecular flexibility index (Phi) is 11.6. The molecule has 4 amide bonds. The van der Waals surface area contributed by atoms with Gasteiger partial charge in [0.1, 0.15) is 11.7 Å². The first-order valence-electron chi connectivity index (χ1n) is 18.6. The normalized spacial score (nSPS) is 20.7. The Hall–Kier alpha value is -4.59. The van der Waals surface area contributed by atoms with Crippen molar-refractivity contribution in [2.24, 2.45) is 5.73 Å². The summed E-state index contributed by atoms with van der Waals surface area (Å²) in [5.74, 6) is -0.219. The van der Waals surface area contributed by atoms with Crippen molar-refractivity contribution >= 4 is 41.3 Å². The molecule has 1 aromatic carbocycles. The molecule has 6 rings (SSSR count). The van der Waals surface area contributed by atoms with E-state index in [0.29, 0.717) is 75.7 Å². The second-order valence-electron chi connectivity index (χ2n) is 15.5. The number of likely N-dealkylation sites (N-methyl/N-ethyl adjacent to an activating group) is 1. The largest absolute Gasteiger partial charge is 0.446 e. The van der Waals surface area contributed by atoms with Gasteiger partial charge in [-0.25, -0.2) is 9.59 Å². The average molecular weight is 761 g/mol. The topological polar surface area (TPSA) is 146 Å². The number of rotatable bonds is 9. The van der Waals surface area contributed by atoms with Gasteiger partial charge in [-0.15, -0.1) is 0 Å². The van der Waals surface area contributed by atoms with Crippen molar-refractivity contribution in [1.82, 2.24) is 35.2 Å². The third kappa shape index (κ3) is 8.38. The molecule has 3 fully saturated rings. The highest BCUT2D eigenvalue weighted by Crippen LogP contribution is 2.44. The van der Waals surface area contributed by atoms with Crippen LogP contribution in [0.3, 0.4) is 0 Å². The minimum absolute atomic E-state index is 0.0949. The zero-order valence-electron chi connectivity index (χ0n) is 31.9. The van der Waals surface area contributed by atoms with Crippen molar-refractivity contribution in [3.63, 3.8) is 0 Å². The first-order chi connectivity index (χ1) is 25.8. The number of hydrogen-bond acceptors (Lipinski definition) is 9. The molecular weight excluding hydrogens is 708 g/mol. The highest BCUT2D eigenvalue weighted by molar-refractivity contribution is 6.30. The van der Waals surface area contributed by atoms with Crippen LogP contribution < -0.4 is 16.4 Å². The smallest absolute Gasteiger partial charge is 0.410 e. The molecule has 0 radical (unpaired) electrons. The predicted molar refractivity (Wildman–Crippen MR) is 209 cm³/mol. The van der Waals surface area contributed by atoms with Crippen LogP contribution in [-0.4, -0.2) is 119 Å². The Morgan fingerprint density at radius 2 is 1.80 bits per heavy atom. The summed E-state index contributed by atoms with van der Waals surface area (Å²) in [5, 5.41) is 6.81. The summed E-state index contributed by atoms with van der Waals surface area (Å²) >= 11 is 6.73. The van der Waals surface area contributed by atoms with Crippen LogP contribution in [0.2, 0.25) is 5.02 Å². The lowest BCUT2D eigenvalue weighted by molar-refractivity contribution is -0.133. The van der Waals surface area contributed by atoms with E-state index in [0.717, 1.165) is 28.0 Å². The number of fused-ring (bicyclic) bond motifs is 2. The molecular formula is C40H53ClN8O5. The van der Waals surface area contributed by atoms with Gasteiger partial charge in [0.25, 0.3) is 5.91 Å². The van der Waals surface area contributed by atoms with Gasteiger partial charge in [0.15, 0.2) is 0 Å². The van der Waals surface area contributed by atoms with Crippen molar-refractivity contribution in [2.75, 3.05) is 53.4 Å². The van der Waals surface area contributed by atoms with Crippen molar-refractivity contribution in [3.05, 3.63) is 88.6 Å². The summed E-state index contributed by atoms with van der Waals surface area (Å²) in [6, 6.07) is 8.68. The van der Waals surface area contributed by atoms with Crippen molar-refractivity contribution < 1.29 is 23.9 Å². The number of carbonyl (C=O) groups is 3. The van der Waals surface area contributed by atoms with Crippen LogP contribution in [0.5, 0.6) is 0 Å². The number of amides is 4. The summed E-state index contributed by atoms with van der Waals surface area (Å²) in [6.45, 7) is 13.0. The van der Waals surface area contributed by atoms with Crippen LogP contribution in [0.15, 0.2) is 61.2 Å². The molecule has 2 aliphatic heterocycles. The third-order valence-corrected chi connectivity index (χ3v) is 11.0. The number of nitrogens with zero attached hydrogens (tertiary/aromatic N) is 5. The summed E-state index contributed by atoms with van der Waals surface area (Å²) in [4.78, 5) is 52.4. The summed E-state index contributed by atoms with van der Waals surface area (Å²) in [7, 11) is 3.39. The molecule has 4 aliphatic rings. The zero-order valence-corrected chi connectivity index (χ0v) is 32.7. The van der Waals surface area contributed by atoms with Gasteiger partial charge in [0.2, 0.25) is 0 Å². The van der Waals surface area contributed by atoms with E-state index < -0.39 is 11.6 Å². The number of halogens is 1. The number of aromatic nitrogens is 1. The van der Waals surface area contributed by atoms with E-state index >= 15 is 0 Å². The van der Waals surface area contributed by atoms with E-state index in [2.05, 4.69) is 28.2 Å². The van der Waals surface area contributed by atoms with Crippen molar-refractivity contribution in [2.45, 2.75) is 75.8 Å². The number of ether oxygens (including phenoxy) is 2. The lowest BCUT2D eigenvalue weighted by atomic mass is 9.89. The fourth-order valence-electron chi connectivity index (χ4n) is 7.49. The number of piperidine rings is 1. The molecule has 0 spiro atoms. The standard InChI is InChI=1S/C40H53ClN8O5/c1-7-46(5)32(25-42)34(44-36(50)40(53-6)14-15-40)31-23-26-9-8-16-43-33(26)35(29-11-10-27(41)24-30(29)31)47-19-21-49(22-20-47)38(52)54-28-12-17-48(18-13-28)37(51)45-39(2,3)4/h7-11,16,23-25,28,34-35H,1,12-15,17-22,42H2,2-6H3,(H,44,50)(H,45,51)/b32-25-/t34-,35+/m1/s1. The van der Waals surface area contributed by atoms with Crippen LogP contribution in [0, 0.1) is 0 Å². The van der Waals surface area contributed by atoms with Gasteiger partial charge >= 0.3 is 12.1 Å². The predicted octanol–water partition coefficient (Wildman–Crippen LogP) is 4.94. The molecule has 54 heavy (non-hydrogen) atoms. The van der Waals surface area contributed by atoms with E-state index in [1.807, 2.05) is 58.2 Å². The van der Waals surface area contributed by atoms with Crippen LogP contribution in [0.25, 0.3) is 11.6 Å². The van der Waals surface area contributed by atoms with E-state index in [1.54, 1.807) is 34.2 Å². The number of nitrogens with two attached hydrogens (primary N) is 1. The van der Waals surface area contributed by atoms with E-state index in [1.165, 1.54) is 6.20 Å². The molecule has 4 N–H and O–H groups in total. The van der Waals surface area contributed by atoms with Crippen LogP contribution in [0.1, 0.15) is 74.9 Å². The first kappa shape index (κ1) is 39.1. The highest BCUT2D eigenvalue weighted by Gasteiger charge is 2.51. The maximum Gasteiger partial charge on any atom is 0.410 e. The second kappa shape index (κ2) is 16.0. The maximum absolute atomic E-state index is 13.8. The maximum atomic E-state index is 13.8. The molecule has 0 unspecified atom stereocenters. The Morgan fingerprint density at radius 1 is 1.09 bits per heavy atom. The fourth-order valence-corrected chi connectivity index (χ4v) is 7.66. The number of hydrogen-bond donors (Lipinski definition) is 3. The van der Waals surface area contributed by atoms with Crippen molar-refractivity contribution in [1.29, 1.82) is 0 Å². The molecule has 13 nitrogen and oxygen atoms in total. The Balaban J connectivity index is 1.23. The van der Waals surface area contributed by atoms with Crippen LogP contribution in [-0.2, 0) is 14.3 Å². The fraction of sp³-hybridized carbons (Fsp3) is 0.500. The zero-order chi connectivity index (χ0) is 38.8. The monoisotopic (exact) mass is 760 g/mol. The molecule has 2 atom stereocenters. The van der Waals surface area contributed by atoms with Gasteiger partial charge in [-0.1, -0.05) is 30.3 Å². The molecule has 2 saturated heterocycles. The van der Waals surface area contributed by atoms with Crippen LogP contribution in [0.4, 0.5) is 9.59 Å². The summed E-state index contributed by atoms with van der Waals surface area (Å²) in [5.41, 5.74) is 10.1. The SMILES string of the molecule is C=CN(C)/C(=C\N)[C@H](NC(=O)C1(OC)CC1)C1=Cc2cccnc2[C@@H](N2CCN(C(=O)OC3CCN(C(=O)NC(C)(C)C)CC3)CC2)c2ccc(Cl)cc21. The quantitative estimate of drug-likeness (QED) is 0.324. The van der Waals surface area contributed by atoms with E-state index in [-0.39, 0.29) is 35.7 Å². The second-order valence-corrected chi connectivity index (χ2v) is 15.9. The Morgan fingerprint density at radius 3 is 2.41 bits per heavy atom. The molecule has 0 bridgehead atoms. The third-order valence-electron chi connectivity index (χ3n) is 10.7. The number of methoxy groups -OCH3 is 1. The number of urea groups is 1. The summed E-state index contributed by atoms with van der Waals surface area (Å²) in [6.07, 6.45) is 8.86. The molecule has 2 aromatic rings. The van der Waals surface area contributed by atoms with E-state index in [9.17, 15) is 14.4 Å². The Bertz CT molecular complexity index is 1810. The molecule has 1 aromatic heterocycles. The lowest BCUT2D eigenvalue weighted by Gasteiger charge is -2.40. The molecule has 1 saturated carbocycles. The minimum atomic E-state index is -0.879. The van der Waals surface area contributed by atoms with Gasteiger partial charge in [0, 0.05) is 89.2 Å². The number of likely N-dealkylation sites (tertiary alicyclic amines) is 1. The number of nitrogens with one attached hydrogen (secondary N) is 2. The average Bonchev–Trinajstić information content (AvgIpc) is 3.97. The minimum Gasteiger partial charge on any atom is -0.446 e. The van der Waals surface area contributed by atoms with Crippen molar-refractivity contribution in [3.8, 4) is 0 Å². The molecule has 14 heteroatoms. The first-order valence-corrected chi connectivity index (χ1v) is 19.0. The van der Waals surface area contributed by atoms with Gasteiger partial charge in [0.05, 0.1) is 23.5 Å². The van der Waals surface area contributed by atoms with Gasteiger partial charge in [-0.3, -0.25) is 14.7 Å². The Labute approximate surface area is 323 Å². The molecule has 3 heterocycles. The van der Waals surface area contributed by atoms with Gasteiger partial charge < -0.3 is 40.5 Å². The number of carbonyl (C=O) groups excluding carboxylic acids is 3. The number of benzene rings is 1. The number of pyridine rings is 1. The molecule has 2 aliphatic carbocycles. The summed E-state index contributed by atoms with van der Waals surface area (Å²) < 4.78 is 11.6. The lowest BCUT2D eigenvalue weighted by Crippen LogP contribution is -2.53. The van der Waals surface area contributed by atoms with Gasteiger partial charge in [-0.2, -0.15) is 0 Å². The van der Waals surface area contributed by atoms with Crippen LogP contribution >= 0.6 is 11.6 Å². The number of piperazine rings is 1. The van der Waals surface area contributed by atoms with Gasteiger partial charge in [-0.05, 0) is 86.4 Å².